The minimum absolute atomic E-state index is 0.205. The molecule has 0 spiro atoms. The fourth-order valence-electron chi connectivity index (χ4n) is 3.34. The first-order valence-electron chi connectivity index (χ1n) is 8.91. The van der Waals surface area contributed by atoms with Gasteiger partial charge in [-0.1, -0.05) is 19.1 Å². The second-order valence-corrected chi connectivity index (χ2v) is 9.16. The number of hydrogen-bond donors (Lipinski definition) is 1. The topological polar surface area (TPSA) is 88.1 Å². The molecule has 1 aromatic carbocycles. The van der Waals surface area contributed by atoms with E-state index < -0.39 is 9.84 Å². The summed E-state index contributed by atoms with van der Waals surface area (Å²) in [5.74, 6) is 2.10. The lowest BCUT2D eigenvalue weighted by atomic mass is 9.99. The van der Waals surface area contributed by atoms with Gasteiger partial charge in [-0.2, -0.15) is 0 Å². The molecule has 0 aliphatic carbocycles. The van der Waals surface area contributed by atoms with Crippen molar-refractivity contribution in [3.63, 3.8) is 0 Å². The number of sulfone groups is 1. The molecule has 2 aromatic heterocycles. The zero-order chi connectivity index (χ0) is 18.9. The van der Waals surface area contributed by atoms with E-state index in [2.05, 4.69) is 31.2 Å². The molecule has 7 nitrogen and oxygen atoms in total. The fraction of sp³-hybridized carbons (Fsp3) is 0.316. The van der Waals surface area contributed by atoms with Gasteiger partial charge in [-0.3, -0.25) is 0 Å². The molecule has 0 bridgehead atoms. The average molecular weight is 383 g/mol. The molecule has 1 aliphatic rings. The third-order valence-electron chi connectivity index (χ3n) is 4.81. The number of pyridine rings is 1. The van der Waals surface area contributed by atoms with E-state index in [1.165, 1.54) is 6.33 Å². The van der Waals surface area contributed by atoms with Gasteiger partial charge in [0.2, 0.25) is 0 Å². The van der Waals surface area contributed by atoms with E-state index in [9.17, 15) is 8.42 Å². The molecule has 8 heteroatoms. The van der Waals surface area contributed by atoms with Crippen molar-refractivity contribution >= 4 is 37.9 Å². The molecule has 0 unspecified atom stereocenters. The van der Waals surface area contributed by atoms with Gasteiger partial charge in [0.25, 0.3) is 0 Å². The quantitative estimate of drug-likeness (QED) is 0.700. The monoisotopic (exact) mass is 383 g/mol. The van der Waals surface area contributed by atoms with Crippen molar-refractivity contribution < 1.29 is 8.42 Å². The predicted molar refractivity (Wildman–Crippen MR) is 107 cm³/mol. The van der Waals surface area contributed by atoms with Gasteiger partial charge >= 0.3 is 0 Å². The van der Waals surface area contributed by atoms with Gasteiger partial charge in [0.15, 0.2) is 0 Å². The van der Waals surface area contributed by atoms with Gasteiger partial charge in [0.05, 0.1) is 5.75 Å². The molecule has 0 radical (unpaired) electrons. The predicted octanol–water partition coefficient (Wildman–Crippen LogP) is 2.64. The molecule has 3 heterocycles. The van der Waals surface area contributed by atoms with Gasteiger partial charge in [0.1, 0.15) is 27.8 Å². The first-order chi connectivity index (χ1) is 13.0. The Balaban J connectivity index is 1.52. The van der Waals surface area contributed by atoms with Crippen molar-refractivity contribution in [2.24, 2.45) is 5.92 Å². The SMILES string of the molecule is CCS(=O)(=O)CC1CN(c2cccc3cc(Nc4ccncn4)ncc23)C1. The molecule has 4 rings (SSSR count). The lowest BCUT2D eigenvalue weighted by molar-refractivity contribution is 0.445. The number of nitrogens with one attached hydrogen (secondary N) is 1. The highest BCUT2D eigenvalue weighted by molar-refractivity contribution is 7.91. The second kappa shape index (κ2) is 7.11. The lowest BCUT2D eigenvalue weighted by Crippen LogP contribution is -2.49. The molecule has 140 valence electrons. The van der Waals surface area contributed by atoms with Crippen molar-refractivity contribution in [2.75, 3.05) is 34.8 Å². The maximum atomic E-state index is 11.8. The van der Waals surface area contributed by atoms with Crippen molar-refractivity contribution in [3.05, 3.63) is 49.1 Å². The van der Waals surface area contributed by atoms with E-state index in [-0.39, 0.29) is 17.4 Å². The van der Waals surface area contributed by atoms with Crippen LogP contribution in [0.25, 0.3) is 10.8 Å². The van der Waals surface area contributed by atoms with E-state index in [1.807, 2.05) is 24.4 Å². The Hall–Kier alpha value is -2.74. The van der Waals surface area contributed by atoms with Crippen LogP contribution in [0.3, 0.4) is 0 Å². The van der Waals surface area contributed by atoms with Crippen LogP contribution < -0.4 is 10.2 Å². The van der Waals surface area contributed by atoms with Crippen molar-refractivity contribution in [1.29, 1.82) is 0 Å². The summed E-state index contributed by atoms with van der Waals surface area (Å²) in [6.07, 6.45) is 5.01. The molecule has 0 saturated carbocycles. The smallest absolute Gasteiger partial charge is 0.150 e. The van der Waals surface area contributed by atoms with Crippen LogP contribution in [0.2, 0.25) is 0 Å². The Morgan fingerprint density at radius 2 is 2.04 bits per heavy atom. The largest absolute Gasteiger partial charge is 0.370 e. The van der Waals surface area contributed by atoms with Crippen molar-refractivity contribution in [1.82, 2.24) is 15.0 Å². The maximum Gasteiger partial charge on any atom is 0.150 e. The standard InChI is InChI=1S/C19H21N5O2S/c1-2-27(25,26)12-14-10-24(11-14)17-5-3-4-15-8-19(21-9-16(15)17)23-18-6-7-20-13-22-18/h3-9,13-14H,2,10-12H2,1H3,(H,20,21,22,23). The first-order valence-corrected chi connectivity index (χ1v) is 10.7. The minimum atomic E-state index is -2.92. The average Bonchev–Trinajstić information content (AvgIpc) is 2.65. The summed E-state index contributed by atoms with van der Waals surface area (Å²) < 4.78 is 23.6. The van der Waals surface area contributed by atoms with Crippen molar-refractivity contribution in [3.8, 4) is 0 Å². The van der Waals surface area contributed by atoms with Crippen LogP contribution >= 0.6 is 0 Å². The third kappa shape index (κ3) is 3.85. The highest BCUT2D eigenvalue weighted by Crippen LogP contribution is 2.33. The highest BCUT2D eigenvalue weighted by Gasteiger charge is 2.31. The van der Waals surface area contributed by atoms with Gasteiger partial charge < -0.3 is 10.2 Å². The van der Waals surface area contributed by atoms with E-state index in [0.717, 1.165) is 29.5 Å². The highest BCUT2D eigenvalue weighted by atomic mass is 32.2. The van der Waals surface area contributed by atoms with Crippen LogP contribution in [0.4, 0.5) is 17.3 Å². The molecular formula is C19H21N5O2S. The fourth-order valence-corrected chi connectivity index (χ4v) is 4.51. The number of anilines is 3. The Morgan fingerprint density at radius 3 is 2.78 bits per heavy atom. The summed E-state index contributed by atoms with van der Waals surface area (Å²) in [7, 11) is -2.92. The van der Waals surface area contributed by atoms with Gasteiger partial charge in [0, 0.05) is 48.2 Å². The maximum absolute atomic E-state index is 11.8. The molecule has 1 saturated heterocycles. The van der Waals surface area contributed by atoms with Crippen molar-refractivity contribution in [2.45, 2.75) is 6.92 Å². The molecule has 0 atom stereocenters. The van der Waals surface area contributed by atoms with Crippen LogP contribution in [-0.2, 0) is 9.84 Å². The van der Waals surface area contributed by atoms with Gasteiger partial charge in [-0.25, -0.2) is 23.4 Å². The molecule has 3 aromatic rings. The van der Waals surface area contributed by atoms with Crippen LogP contribution in [0.15, 0.2) is 49.1 Å². The Labute approximate surface area is 158 Å². The van der Waals surface area contributed by atoms with E-state index in [4.69, 9.17) is 0 Å². The minimum Gasteiger partial charge on any atom is -0.370 e. The Morgan fingerprint density at radius 1 is 1.19 bits per heavy atom. The normalized spacial score (nSPS) is 14.9. The molecule has 1 aliphatic heterocycles. The molecular weight excluding hydrogens is 362 g/mol. The number of benzene rings is 1. The molecule has 1 fully saturated rings. The second-order valence-electron chi connectivity index (χ2n) is 6.76. The summed E-state index contributed by atoms with van der Waals surface area (Å²) in [5, 5.41) is 5.30. The number of aromatic nitrogens is 3. The van der Waals surface area contributed by atoms with Crippen LogP contribution in [0.5, 0.6) is 0 Å². The zero-order valence-corrected chi connectivity index (χ0v) is 15.9. The summed E-state index contributed by atoms with van der Waals surface area (Å²) in [5.41, 5.74) is 1.10. The summed E-state index contributed by atoms with van der Waals surface area (Å²) in [6.45, 7) is 3.23. The van der Waals surface area contributed by atoms with E-state index in [1.54, 1.807) is 19.2 Å². The third-order valence-corrected chi connectivity index (χ3v) is 6.67. The molecule has 0 amide bonds. The van der Waals surface area contributed by atoms with Gasteiger partial charge in [-0.15, -0.1) is 0 Å². The van der Waals surface area contributed by atoms with E-state index in [0.29, 0.717) is 11.6 Å². The summed E-state index contributed by atoms with van der Waals surface area (Å²) >= 11 is 0. The zero-order valence-electron chi connectivity index (χ0n) is 15.0. The molecule has 27 heavy (non-hydrogen) atoms. The Bertz CT molecular complexity index is 1050. The Kier molecular flexibility index (Phi) is 4.65. The van der Waals surface area contributed by atoms with Crippen LogP contribution in [-0.4, -0.2) is 48.0 Å². The number of hydrogen-bond acceptors (Lipinski definition) is 7. The van der Waals surface area contributed by atoms with E-state index >= 15 is 0 Å². The van der Waals surface area contributed by atoms with Crippen LogP contribution in [0, 0.1) is 5.92 Å². The summed E-state index contributed by atoms with van der Waals surface area (Å²) in [4.78, 5) is 14.8. The van der Waals surface area contributed by atoms with Crippen LogP contribution in [0.1, 0.15) is 6.92 Å². The number of rotatable bonds is 6. The number of nitrogens with zero attached hydrogens (tertiary/aromatic N) is 4. The summed E-state index contributed by atoms with van der Waals surface area (Å²) in [6, 6.07) is 9.89. The molecule has 1 N–H and O–H groups in total. The lowest BCUT2D eigenvalue weighted by Gasteiger charge is -2.41. The first kappa shape index (κ1) is 17.7. The van der Waals surface area contributed by atoms with Gasteiger partial charge in [-0.05, 0) is 23.6 Å². The number of fused-ring (bicyclic) bond motifs is 1.